The van der Waals surface area contributed by atoms with Crippen molar-refractivity contribution >= 4 is 6.08 Å². The molecule has 4 rings (SSSR count). The first kappa shape index (κ1) is 9.89. The van der Waals surface area contributed by atoms with Gasteiger partial charge in [-0.05, 0) is 48.6 Å². The zero-order valence-electron chi connectivity index (χ0n) is 9.60. The first-order valence-electron chi connectivity index (χ1n) is 6.34. The molecule has 1 aromatic carbocycles. The molecule has 0 nitrogen and oxygen atoms in total. The highest BCUT2D eigenvalue weighted by Gasteiger charge is 2.25. The van der Waals surface area contributed by atoms with E-state index < -0.39 is 0 Å². The van der Waals surface area contributed by atoms with Crippen LogP contribution in [0.1, 0.15) is 30.4 Å². The van der Waals surface area contributed by atoms with Gasteiger partial charge >= 0.3 is 0 Å². The molecule has 0 spiro atoms. The Hall–Kier alpha value is -1.30. The van der Waals surface area contributed by atoms with Crippen molar-refractivity contribution in [3.8, 4) is 0 Å². The Morgan fingerprint density at radius 1 is 0.938 bits per heavy atom. The lowest BCUT2D eigenvalue weighted by Gasteiger charge is -1.96. The number of rotatable bonds is 0. The Kier molecular flexibility index (Phi) is 2.65. The normalized spacial score (nSPS) is 27.8. The lowest BCUT2D eigenvalue weighted by Crippen LogP contribution is -1.82. The first-order valence-corrected chi connectivity index (χ1v) is 6.34. The van der Waals surface area contributed by atoms with Crippen molar-refractivity contribution in [2.75, 3.05) is 0 Å². The summed E-state index contributed by atoms with van der Waals surface area (Å²) in [7, 11) is 0. The van der Waals surface area contributed by atoms with Gasteiger partial charge in [-0.2, -0.15) is 0 Å². The average Bonchev–Trinajstić information content (AvgIpc) is 3.07. The highest BCUT2D eigenvalue weighted by atomic mass is 14.3. The van der Waals surface area contributed by atoms with E-state index in [0.29, 0.717) is 0 Å². The number of allylic oxidation sites excluding steroid dienone is 3. The van der Waals surface area contributed by atoms with Crippen LogP contribution in [0.3, 0.4) is 0 Å². The molecule has 0 heteroatoms. The summed E-state index contributed by atoms with van der Waals surface area (Å²) < 4.78 is 0. The van der Waals surface area contributed by atoms with Gasteiger partial charge in [0.15, 0.2) is 0 Å². The molecule has 82 valence electrons. The van der Waals surface area contributed by atoms with E-state index in [-0.39, 0.29) is 0 Å². The van der Waals surface area contributed by atoms with Crippen molar-refractivity contribution in [2.24, 2.45) is 11.8 Å². The van der Waals surface area contributed by atoms with Gasteiger partial charge in [-0.15, -0.1) is 0 Å². The lowest BCUT2D eigenvalue weighted by molar-refractivity contribution is 0.691. The Bertz CT molecular complexity index is 413. The molecule has 2 bridgehead atoms. The minimum absolute atomic E-state index is 0.991. The second-order valence-corrected chi connectivity index (χ2v) is 5.02. The summed E-state index contributed by atoms with van der Waals surface area (Å²) in [6, 6.07) is 8.49. The third-order valence-corrected chi connectivity index (χ3v) is 3.86. The highest BCUT2D eigenvalue weighted by Crippen LogP contribution is 2.38. The van der Waals surface area contributed by atoms with Gasteiger partial charge in [0, 0.05) is 0 Å². The maximum atomic E-state index is 2.38. The first-order chi connectivity index (χ1) is 7.92. The molecular weight excluding hydrogens is 192 g/mol. The van der Waals surface area contributed by atoms with Crippen LogP contribution in [0.15, 0.2) is 42.5 Å². The molecule has 1 fully saturated rings. The van der Waals surface area contributed by atoms with Crippen molar-refractivity contribution in [2.45, 2.75) is 25.7 Å². The second-order valence-electron chi connectivity index (χ2n) is 5.02. The van der Waals surface area contributed by atoms with Crippen molar-refractivity contribution in [1.29, 1.82) is 0 Å². The van der Waals surface area contributed by atoms with E-state index in [1.54, 1.807) is 0 Å². The van der Waals surface area contributed by atoms with Gasteiger partial charge in [-0.25, -0.2) is 0 Å². The van der Waals surface area contributed by atoms with Crippen LogP contribution in [0.2, 0.25) is 0 Å². The second kappa shape index (κ2) is 4.29. The predicted molar refractivity (Wildman–Crippen MR) is 69.2 cm³/mol. The molecular formula is C16H18. The number of hydrogen-bond donors (Lipinski definition) is 0. The van der Waals surface area contributed by atoms with Gasteiger partial charge in [-0.1, -0.05) is 48.6 Å². The van der Waals surface area contributed by atoms with Crippen LogP contribution in [-0.2, 0) is 6.42 Å². The van der Waals surface area contributed by atoms with E-state index in [0.717, 1.165) is 18.3 Å². The predicted octanol–water partition coefficient (Wildman–Crippen LogP) is 4.23. The van der Waals surface area contributed by atoms with Crippen LogP contribution in [0.25, 0.3) is 6.08 Å². The smallest absolute Gasteiger partial charge is 0.00882 e. The summed E-state index contributed by atoms with van der Waals surface area (Å²) in [5, 5.41) is 0. The monoisotopic (exact) mass is 210 g/mol. The number of fused-ring (bicyclic) bond motifs is 3. The fourth-order valence-electron chi connectivity index (χ4n) is 2.91. The summed E-state index contributed by atoms with van der Waals surface area (Å²) in [5.41, 5.74) is 2.84. The van der Waals surface area contributed by atoms with Crippen molar-refractivity contribution in [3.63, 3.8) is 0 Å². The Balaban J connectivity index is 0.000000104. The molecule has 2 unspecified atom stereocenters. The van der Waals surface area contributed by atoms with Gasteiger partial charge in [0.2, 0.25) is 0 Å². The van der Waals surface area contributed by atoms with E-state index in [1.165, 1.54) is 30.4 Å². The molecule has 3 aliphatic rings. The lowest BCUT2D eigenvalue weighted by atomic mass is 10.1. The van der Waals surface area contributed by atoms with Crippen LogP contribution < -0.4 is 0 Å². The quantitative estimate of drug-likeness (QED) is 0.562. The summed E-state index contributed by atoms with van der Waals surface area (Å²) >= 11 is 0. The molecule has 0 radical (unpaired) electrons. The highest BCUT2D eigenvalue weighted by molar-refractivity contribution is 5.59. The summed E-state index contributed by atoms with van der Waals surface area (Å²) in [6.07, 6.45) is 14.7. The van der Waals surface area contributed by atoms with Crippen LogP contribution in [0, 0.1) is 11.8 Å². The maximum absolute atomic E-state index is 2.38. The Labute approximate surface area is 97.7 Å². The molecule has 2 atom stereocenters. The van der Waals surface area contributed by atoms with Gasteiger partial charge in [0.05, 0.1) is 0 Å². The maximum Gasteiger partial charge on any atom is -0.00882 e. The fourth-order valence-corrected chi connectivity index (χ4v) is 2.91. The SMILES string of the molecule is C1=CC2CCC1C2.C1=Cc2ccccc2C1. The molecule has 3 aliphatic carbocycles. The van der Waals surface area contributed by atoms with E-state index >= 15 is 0 Å². The Morgan fingerprint density at radius 2 is 1.69 bits per heavy atom. The fraction of sp³-hybridized carbons (Fsp3) is 0.375. The van der Waals surface area contributed by atoms with Crippen LogP contribution in [0.4, 0.5) is 0 Å². The largest absolute Gasteiger partial charge is 0.0851 e. The van der Waals surface area contributed by atoms with Gasteiger partial charge in [-0.3, -0.25) is 0 Å². The van der Waals surface area contributed by atoms with Crippen LogP contribution in [-0.4, -0.2) is 0 Å². The number of benzene rings is 1. The van der Waals surface area contributed by atoms with Crippen molar-refractivity contribution in [1.82, 2.24) is 0 Å². The summed E-state index contributed by atoms with van der Waals surface area (Å²) in [4.78, 5) is 0. The van der Waals surface area contributed by atoms with Gasteiger partial charge in [0.25, 0.3) is 0 Å². The molecule has 0 amide bonds. The van der Waals surface area contributed by atoms with E-state index in [9.17, 15) is 0 Å². The molecule has 16 heavy (non-hydrogen) atoms. The zero-order valence-corrected chi connectivity index (χ0v) is 9.60. The van der Waals surface area contributed by atoms with Gasteiger partial charge in [0.1, 0.15) is 0 Å². The minimum atomic E-state index is 0.991. The standard InChI is InChI=1S/C9H8.C7H10/c1-2-5-9-7-3-6-8(9)4-1;1-2-7-4-3-6(1)5-7/h1-6H,7H2;1-2,6-7H,3-5H2. The zero-order chi connectivity index (χ0) is 10.8. The van der Waals surface area contributed by atoms with E-state index in [2.05, 4.69) is 48.6 Å². The Morgan fingerprint density at radius 3 is 2.25 bits per heavy atom. The summed E-state index contributed by atoms with van der Waals surface area (Å²) in [6.45, 7) is 0. The molecule has 0 N–H and O–H groups in total. The van der Waals surface area contributed by atoms with Crippen molar-refractivity contribution in [3.05, 3.63) is 53.6 Å². The molecule has 0 aromatic heterocycles. The van der Waals surface area contributed by atoms with Crippen LogP contribution >= 0.6 is 0 Å². The molecule has 1 aromatic rings. The van der Waals surface area contributed by atoms with Crippen molar-refractivity contribution < 1.29 is 0 Å². The summed E-state index contributed by atoms with van der Waals surface area (Å²) in [5.74, 6) is 1.98. The molecule has 0 heterocycles. The molecule has 0 aliphatic heterocycles. The minimum Gasteiger partial charge on any atom is -0.0851 e. The van der Waals surface area contributed by atoms with Gasteiger partial charge < -0.3 is 0 Å². The van der Waals surface area contributed by atoms with E-state index in [1.807, 2.05) is 0 Å². The third kappa shape index (κ3) is 1.97. The number of hydrogen-bond acceptors (Lipinski definition) is 0. The topological polar surface area (TPSA) is 0 Å². The molecule has 1 saturated carbocycles. The molecule has 0 saturated heterocycles. The third-order valence-electron chi connectivity index (χ3n) is 3.86. The van der Waals surface area contributed by atoms with E-state index in [4.69, 9.17) is 0 Å². The average molecular weight is 210 g/mol. The van der Waals surface area contributed by atoms with Crippen LogP contribution in [0.5, 0.6) is 0 Å².